The SMILES string of the molecule is CCC(C)C(=O)Nc1cccc(CNC(=O)c2ccc(Cl)s2)c1. The van der Waals surface area contributed by atoms with Gasteiger partial charge < -0.3 is 10.6 Å². The van der Waals surface area contributed by atoms with E-state index in [0.29, 0.717) is 15.8 Å². The van der Waals surface area contributed by atoms with Crippen LogP contribution in [0.4, 0.5) is 5.69 Å². The number of halogens is 1. The van der Waals surface area contributed by atoms with Gasteiger partial charge >= 0.3 is 0 Å². The quantitative estimate of drug-likeness (QED) is 0.815. The summed E-state index contributed by atoms with van der Waals surface area (Å²) in [5.74, 6) is -0.181. The third-order valence-electron chi connectivity index (χ3n) is 3.50. The molecule has 4 nitrogen and oxygen atoms in total. The molecule has 2 amide bonds. The second kappa shape index (κ2) is 8.13. The highest BCUT2D eigenvalue weighted by Crippen LogP contribution is 2.21. The zero-order chi connectivity index (χ0) is 16.8. The van der Waals surface area contributed by atoms with Gasteiger partial charge in [0.2, 0.25) is 5.91 Å². The summed E-state index contributed by atoms with van der Waals surface area (Å²) >= 11 is 7.07. The lowest BCUT2D eigenvalue weighted by molar-refractivity contribution is -0.119. The molecule has 0 bridgehead atoms. The van der Waals surface area contributed by atoms with Crippen molar-refractivity contribution in [2.75, 3.05) is 5.32 Å². The molecule has 0 saturated carbocycles. The molecule has 6 heteroatoms. The van der Waals surface area contributed by atoms with Crippen molar-refractivity contribution in [1.82, 2.24) is 5.32 Å². The number of anilines is 1. The van der Waals surface area contributed by atoms with E-state index in [2.05, 4.69) is 10.6 Å². The summed E-state index contributed by atoms with van der Waals surface area (Å²) in [5, 5.41) is 5.73. The molecule has 23 heavy (non-hydrogen) atoms. The molecule has 2 rings (SSSR count). The Kier molecular flexibility index (Phi) is 6.19. The second-order valence-corrected chi connectivity index (χ2v) is 7.00. The Balaban J connectivity index is 1.94. The van der Waals surface area contributed by atoms with Gasteiger partial charge in [-0.2, -0.15) is 0 Å². The van der Waals surface area contributed by atoms with Gasteiger partial charge in [-0.05, 0) is 36.2 Å². The van der Waals surface area contributed by atoms with Crippen LogP contribution in [0.15, 0.2) is 36.4 Å². The molecule has 122 valence electrons. The molecule has 0 aliphatic heterocycles. The van der Waals surface area contributed by atoms with Gasteiger partial charge in [0.05, 0.1) is 9.21 Å². The summed E-state index contributed by atoms with van der Waals surface area (Å²) in [4.78, 5) is 24.5. The third kappa shape index (κ3) is 5.08. The number of hydrogen-bond donors (Lipinski definition) is 2. The van der Waals surface area contributed by atoms with Gasteiger partial charge in [-0.25, -0.2) is 0 Å². The number of amides is 2. The normalized spacial score (nSPS) is 11.8. The molecular weight excluding hydrogens is 332 g/mol. The van der Waals surface area contributed by atoms with Crippen LogP contribution in [-0.4, -0.2) is 11.8 Å². The summed E-state index contributed by atoms with van der Waals surface area (Å²) < 4.78 is 0.588. The molecule has 1 aromatic carbocycles. The van der Waals surface area contributed by atoms with Gasteiger partial charge in [-0.15, -0.1) is 11.3 Å². The maximum Gasteiger partial charge on any atom is 0.261 e. The van der Waals surface area contributed by atoms with E-state index in [-0.39, 0.29) is 17.7 Å². The molecule has 2 N–H and O–H groups in total. The number of rotatable bonds is 6. The van der Waals surface area contributed by atoms with E-state index in [0.717, 1.165) is 17.7 Å². The Bertz CT molecular complexity index is 699. The van der Waals surface area contributed by atoms with Crippen LogP contribution >= 0.6 is 22.9 Å². The van der Waals surface area contributed by atoms with Crippen molar-refractivity contribution >= 4 is 40.4 Å². The second-order valence-electron chi connectivity index (χ2n) is 5.29. The van der Waals surface area contributed by atoms with Crippen LogP contribution in [0, 0.1) is 5.92 Å². The topological polar surface area (TPSA) is 58.2 Å². The minimum atomic E-state index is -0.157. The van der Waals surface area contributed by atoms with Gasteiger partial charge in [-0.1, -0.05) is 37.6 Å². The van der Waals surface area contributed by atoms with Crippen molar-refractivity contribution in [3.05, 3.63) is 51.2 Å². The van der Waals surface area contributed by atoms with Crippen LogP contribution in [0.5, 0.6) is 0 Å². The molecule has 1 aromatic heterocycles. The first kappa shape index (κ1) is 17.5. The van der Waals surface area contributed by atoms with E-state index >= 15 is 0 Å². The van der Waals surface area contributed by atoms with E-state index in [4.69, 9.17) is 11.6 Å². The maximum absolute atomic E-state index is 12.0. The van der Waals surface area contributed by atoms with Crippen molar-refractivity contribution in [2.24, 2.45) is 5.92 Å². The van der Waals surface area contributed by atoms with Crippen LogP contribution in [0.2, 0.25) is 4.34 Å². The summed E-state index contributed by atoms with van der Waals surface area (Å²) in [6, 6.07) is 10.9. The third-order valence-corrected chi connectivity index (χ3v) is 4.73. The van der Waals surface area contributed by atoms with E-state index in [1.54, 1.807) is 12.1 Å². The van der Waals surface area contributed by atoms with Crippen molar-refractivity contribution in [3.8, 4) is 0 Å². The highest BCUT2D eigenvalue weighted by atomic mass is 35.5. The van der Waals surface area contributed by atoms with Gasteiger partial charge in [-0.3, -0.25) is 9.59 Å². The zero-order valence-corrected chi connectivity index (χ0v) is 14.6. The lowest BCUT2D eigenvalue weighted by Gasteiger charge is -2.11. The molecule has 0 aliphatic carbocycles. The average molecular weight is 351 g/mol. The Morgan fingerprint density at radius 1 is 1.26 bits per heavy atom. The van der Waals surface area contributed by atoms with Crippen molar-refractivity contribution in [1.29, 1.82) is 0 Å². The van der Waals surface area contributed by atoms with E-state index < -0.39 is 0 Å². The molecule has 0 aliphatic rings. The lowest BCUT2D eigenvalue weighted by Crippen LogP contribution is -2.22. The lowest BCUT2D eigenvalue weighted by atomic mass is 10.1. The molecule has 0 radical (unpaired) electrons. The number of thiophene rings is 1. The van der Waals surface area contributed by atoms with E-state index in [9.17, 15) is 9.59 Å². The molecule has 1 heterocycles. The fourth-order valence-electron chi connectivity index (χ4n) is 1.92. The number of carbonyl (C=O) groups is 2. The largest absolute Gasteiger partial charge is 0.347 e. The predicted octanol–water partition coefficient (Wildman–Crippen LogP) is 4.32. The first-order chi connectivity index (χ1) is 11.0. The number of carbonyl (C=O) groups excluding carboxylic acids is 2. The minimum absolute atomic E-state index is 0.00177. The summed E-state index contributed by atoms with van der Waals surface area (Å²) in [6.07, 6.45) is 0.797. The molecule has 1 unspecified atom stereocenters. The highest BCUT2D eigenvalue weighted by Gasteiger charge is 2.11. The van der Waals surface area contributed by atoms with Gasteiger partial charge in [0.15, 0.2) is 0 Å². The molecule has 0 fully saturated rings. The van der Waals surface area contributed by atoms with Gasteiger partial charge in [0, 0.05) is 18.2 Å². The van der Waals surface area contributed by atoms with Crippen LogP contribution in [-0.2, 0) is 11.3 Å². The van der Waals surface area contributed by atoms with Crippen LogP contribution in [0.3, 0.4) is 0 Å². The Hall–Kier alpha value is -1.85. The summed E-state index contributed by atoms with van der Waals surface area (Å²) in [7, 11) is 0. The molecule has 0 saturated heterocycles. The Morgan fingerprint density at radius 3 is 2.70 bits per heavy atom. The van der Waals surface area contributed by atoms with Crippen molar-refractivity contribution < 1.29 is 9.59 Å². The smallest absolute Gasteiger partial charge is 0.261 e. The van der Waals surface area contributed by atoms with Gasteiger partial charge in [0.1, 0.15) is 0 Å². The standard InChI is InChI=1S/C17H19ClN2O2S/c1-3-11(2)16(21)20-13-6-4-5-12(9-13)10-19-17(22)14-7-8-15(18)23-14/h4-9,11H,3,10H2,1-2H3,(H,19,22)(H,20,21). The maximum atomic E-state index is 12.0. The number of hydrogen-bond acceptors (Lipinski definition) is 3. The molecular formula is C17H19ClN2O2S. The predicted molar refractivity (Wildman–Crippen MR) is 95.0 cm³/mol. The zero-order valence-electron chi connectivity index (χ0n) is 13.1. The van der Waals surface area contributed by atoms with Crippen molar-refractivity contribution in [3.63, 3.8) is 0 Å². The fraction of sp³-hybridized carbons (Fsp3) is 0.294. The van der Waals surface area contributed by atoms with E-state index in [1.165, 1.54) is 11.3 Å². The number of nitrogens with one attached hydrogen (secondary N) is 2. The van der Waals surface area contributed by atoms with Crippen LogP contribution in [0.1, 0.15) is 35.5 Å². The average Bonchev–Trinajstić information content (AvgIpc) is 2.98. The monoisotopic (exact) mass is 350 g/mol. The first-order valence-electron chi connectivity index (χ1n) is 7.43. The highest BCUT2D eigenvalue weighted by molar-refractivity contribution is 7.17. The van der Waals surface area contributed by atoms with Crippen LogP contribution < -0.4 is 10.6 Å². The van der Waals surface area contributed by atoms with Crippen molar-refractivity contribution in [2.45, 2.75) is 26.8 Å². The Morgan fingerprint density at radius 2 is 2.04 bits per heavy atom. The van der Waals surface area contributed by atoms with E-state index in [1.807, 2.05) is 38.1 Å². The molecule has 0 spiro atoms. The molecule has 2 aromatic rings. The molecule has 1 atom stereocenters. The number of benzene rings is 1. The summed E-state index contributed by atoms with van der Waals surface area (Å²) in [6.45, 7) is 4.26. The fourth-order valence-corrected chi connectivity index (χ4v) is 2.88. The van der Waals surface area contributed by atoms with Crippen LogP contribution in [0.25, 0.3) is 0 Å². The Labute approximate surface area is 144 Å². The van der Waals surface area contributed by atoms with Gasteiger partial charge in [0.25, 0.3) is 5.91 Å². The summed E-state index contributed by atoms with van der Waals surface area (Å²) in [5.41, 5.74) is 1.66. The minimum Gasteiger partial charge on any atom is -0.347 e. The first-order valence-corrected chi connectivity index (χ1v) is 8.62.